The number of hydrogen-bond donors (Lipinski definition) is 0. The second-order valence-corrected chi connectivity index (χ2v) is 14.5. The van der Waals surface area contributed by atoms with Crippen LogP contribution < -0.4 is 4.74 Å². The van der Waals surface area contributed by atoms with Gasteiger partial charge < -0.3 is 18.9 Å². The molecule has 3 aliphatic rings. The first-order valence-electron chi connectivity index (χ1n) is 18.8. The van der Waals surface area contributed by atoms with Gasteiger partial charge in [0.05, 0.1) is 30.6 Å². The largest absolute Gasteiger partial charge is 0.465 e. The molecule has 5 rings (SSSR count). The standard InChI is InChI=1S/C43H52O8/c1-4-7-12-30-13-15-31(16-14-30)38-28-36-27-35(38)29-43(36,6-3)51-42(47)34-21-23-37(24-22-34)50-41(46)33-19-17-32(18-20-33)40(45)49-26-11-9-8-10-25-48-39(44)5-2/h3,5,13-16,21-24,32-33,35-36,38H,2,4,7-12,17-20,25-29H2,1H3. The van der Waals surface area contributed by atoms with E-state index in [1.165, 1.54) is 24.0 Å². The molecule has 8 heteroatoms. The van der Waals surface area contributed by atoms with Crippen LogP contribution in [0.5, 0.6) is 5.75 Å². The average Bonchev–Trinajstić information content (AvgIpc) is 3.74. The van der Waals surface area contributed by atoms with Crippen molar-refractivity contribution in [1.82, 2.24) is 0 Å². The topological polar surface area (TPSA) is 105 Å². The summed E-state index contributed by atoms with van der Waals surface area (Å²) < 4.78 is 22.1. The fourth-order valence-electron chi connectivity index (χ4n) is 8.07. The Morgan fingerprint density at radius 1 is 0.843 bits per heavy atom. The number of unbranched alkanes of at least 4 members (excludes halogenated alkanes) is 4. The van der Waals surface area contributed by atoms with Gasteiger partial charge in [-0.05, 0) is 124 Å². The molecule has 0 saturated heterocycles. The van der Waals surface area contributed by atoms with Crippen LogP contribution in [0.2, 0.25) is 0 Å². The second kappa shape index (κ2) is 18.2. The van der Waals surface area contributed by atoms with Crippen molar-refractivity contribution in [2.24, 2.45) is 23.7 Å². The van der Waals surface area contributed by atoms with E-state index in [9.17, 15) is 19.2 Å². The number of carbonyl (C=O) groups is 4. The first-order valence-corrected chi connectivity index (χ1v) is 18.8. The molecule has 0 spiro atoms. The van der Waals surface area contributed by atoms with Crippen LogP contribution in [0.1, 0.15) is 118 Å². The zero-order valence-electron chi connectivity index (χ0n) is 29.9. The van der Waals surface area contributed by atoms with Crippen LogP contribution in [-0.2, 0) is 35.0 Å². The fraction of sp³-hybridized carbons (Fsp3) is 0.535. The summed E-state index contributed by atoms with van der Waals surface area (Å²) in [6, 6.07) is 15.4. The lowest BCUT2D eigenvalue weighted by Crippen LogP contribution is -2.40. The second-order valence-electron chi connectivity index (χ2n) is 14.5. The Kier molecular flexibility index (Phi) is 13.5. The Bertz CT molecular complexity index is 1550. The van der Waals surface area contributed by atoms with Crippen LogP contribution in [0.3, 0.4) is 0 Å². The molecule has 0 amide bonds. The molecule has 2 aromatic carbocycles. The minimum absolute atomic E-state index is 0.122. The lowest BCUT2D eigenvalue weighted by Gasteiger charge is -2.35. The predicted molar refractivity (Wildman–Crippen MR) is 194 cm³/mol. The van der Waals surface area contributed by atoms with E-state index in [0.717, 1.165) is 51.0 Å². The Labute approximate surface area is 302 Å². The Hall–Kier alpha value is -4.38. The molecule has 3 saturated carbocycles. The van der Waals surface area contributed by atoms with Crippen LogP contribution in [0, 0.1) is 36.0 Å². The number of fused-ring (bicyclic) bond motifs is 2. The Balaban J connectivity index is 1.01. The Morgan fingerprint density at radius 2 is 1.49 bits per heavy atom. The molecule has 8 nitrogen and oxygen atoms in total. The van der Waals surface area contributed by atoms with Gasteiger partial charge in [0.15, 0.2) is 5.60 Å². The summed E-state index contributed by atoms with van der Waals surface area (Å²) in [7, 11) is 0. The van der Waals surface area contributed by atoms with Crippen molar-refractivity contribution in [2.45, 2.75) is 108 Å². The quantitative estimate of drug-likeness (QED) is 0.0406. The van der Waals surface area contributed by atoms with Gasteiger partial charge >= 0.3 is 23.9 Å². The molecule has 272 valence electrons. The summed E-state index contributed by atoms with van der Waals surface area (Å²) in [4.78, 5) is 49.8. The summed E-state index contributed by atoms with van der Waals surface area (Å²) in [6.07, 6.45) is 18.7. The highest BCUT2D eigenvalue weighted by Gasteiger charge is 2.57. The van der Waals surface area contributed by atoms with Crippen molar-refractivity contribution in [3.05, 3.63) is 77.9 Å². The van der Waals surface area contributed by atoms with Crippen LogP contribution >= 0.6 is 0 Å². The van der Waals surface area contributed by atoms with Crippen LogP contribution in [-0.4, -0.2) is 42.7 Å². The van der Waals surface area contributed by atoms with Gasteiger partial charge in [0.1, 0.15) is 5.75 Å². The lowest BCUT2D eigenvalue weighted by molar-refractivity contribution is -0.152. The zero-order chi connectivity index (χ0) is 36.2. The number of esters is 4. The van der Waals surface area contributed by atoms with E-state index in [2.05, 4.69) is 43.7 Å². The van der Waals surface area contributed by atoms with E-state index in [-0.39, 0.29) is 29.7 Å². The molecule has 2 bridgehead atoms. The van der Waals surface area contributed by atoms with Crippen molar-refractivity contribution in [1.29, 1.82) is 0 Å². The summed E-state index contributed by atoms with van der Waals surface area (Å²) in [6.45, 7) is 6.29. The SMILES string of the molecule is C#CC1(OC(=O)c2ccc(OC(=O)C3CCC(C(=O)OCCCCCCOC(=O)C=C)CC3)cc2)CC2CC1CC2c1ccc(CCCC)cc1. The van der Waals surface area contributed by atoms with Crippen molar-refractivity contribution in [2.75, 3.05) is 13.2 Å². The summed E-state index contributed by atoms with van der Waals surface area (Å²) in [5, 5.41) is 0. The minimum atomic E-state index is -0.903. The third kappa shape index (κ3) is 9.90. The fourth-order valence-corrected chi connectivity index (χ4v) is 8.07. The maximum Gasteiger partial charge on any atom is 0.339 e. The third-order valence-electron chi connectivity index (χ3n) is 11.1. The van der Waals surface area contributed by atoms with E-state index < -0.39 is 17.5 Å². The van der Waals surface area contributed by atoms with Gasteiger partial charge in [-0.1, -0.05) is 50.1 Å². The van der Waals surface area contributed by atoms with Gasteiger partial charge in [0.2, 0.25) is 0 Å². The van der Waals surface area contributed by atoms with E-state index >= 15 is 0 Å². The van der Waals surface area contributed by atoms with Gasteiger partial charge in [-0.25, -0.2) is 9.59 Å². The monoisotopic (exact) mass is 696 g/mol. The highest BCUT2D eigenvalue weighted by atomic mass is 16.6. The van der Waals surface area contributed by atoms with Gasteiger partial charge in [-0.15, -0.1) is 6.42 Å². The molecule has 0 N–H and O–H groups in total. The summed E-state index contributed by atoms with van der Waals surface area (Å²) in [5.41, 5.74) is 2.18. The van der Waals surface area contributed by atoms with Crippen LogP contribution in [0.15, 0.2) is 61.2 Å². The molecule has 0 heterocycles. The number of ether oxygens (including phenoxy) is 4. The molecule has 2 aromatic rings. The molecule has 3 aliphatic carbocycles. The molecular formula is C43H52O8. The van der Waals surface area contributed by atoms with Gasteiger partial charge in [-0.2, -0.15) is 0 Å². The van der Waals surface area contributed by atoms with E-state index in [1.54, 1.807) is 24.3 Å². The molecule has 4 atom stereocenters. The molecule has 0 aromatic heterocycles. The maximum absolute atomic E-state index is 13.3. The molecule has 0 aliphatic heterocycles. The minimum Gasteiger partial charge on any atom is -0.465 e. The average molecular weight is 697 g/mol. The normalized spacial score (nSPS) is 25.0. The first kappa shape index (κ1) is 37.9. The molecule has 0 radical (unpaired) electrons. The van der Waals surface area contributed by atoms with Crippen molar-refractivity contribution < 1.29 is 38.1 Å². The van der Waals surface area contributed by atoms with Gasteiger partial charge in [0.25, 0.3) is 0 Å². The summed E-state index contributed by atoms with van der Waals surface area (Å²) in [5.74, 6) is 2.20. The number of benzene rings is 2. The third-order valence-corrected chi connectivity index (χ3v) is 11.1. The van der Waals surface area contributed by atoms with E-state index in [0.29, 0.717) is 68.5 Å². The lowest BCUT2D eigenvalue weighted by atomic mass is 9.76. The number of aryl methyl sites for hydroxylation is 1. The smallest absolute Gasteiger partial charge is 0.339 e. The maximum atomic E-state index is 13.3. The molecular weight excluding hydrogens is 644 g/mol. The highest BCUT2D eigenvalue weighted by molar-refractivity contribution is 5.90. The van der Waals surface area contributed by atoms with Crippen LogP contribution in [0.25, 0.3) is 0 Å². The van der Waals surface area contributed by atoms with Gasteiger partial charge in [0, 0.05) is 18.4 Å². The van der Waals surface area contributed by atoms with Crippen molar-refractivity contribution in [3.8, 4) is 18.1 Å². The van der Waals surface area contributed by atoms with E-state index in [1.807, 2.05) is 0 Å². The first-order chi connectivity index (χ1) is 24.7. The molecule has 4 unspecified atom stereocenters. The Morgan fingerprint density at radius 3 is 2.08 bits per heavy atom. The zero-order valence-corrected chi connectivity index (χ0v) is 29.9. The highest BCUT2D eigenvalue weighted by Crippen LogP contribution is 2.58. The predicted octanol–water partition coefficient (Wildman–Crippen LogP) is 8.32. The van der Waals surface area contributed by atoms with Crippen molar-refractivity contribution in [3.63, 3.8) is 0 Å². The number of terminal acetylenes is 1. The summed E-state index contributed by atoms with van der Waals surface area (Å²) >= 11 is 0. The molecule has 51 heavy (non-hydrogen) atoms. The number of rotatable bonds is 17. The van der Waals surface area contributed by atoms with Gasteiger partial charge in [-0.3, -0.25) is 9.59 Å². The van der Waals surface area contributed by atoms with Crippen LogP contribution in [0.4, 0.5) is 0 Å². The van der Waals surface area contributed by atoms with E-state index in [4.69, 9.17) is 25.4 Å². The van der Waals surface area contributed by atoms with Crippen molar-refractivity contribution >= 4 is 23.9 Å². The number of carbonyl (C=O) groups excluding carboxylic acids is 4. The molecule has 3 fully saturated rings. The number of hydrogen-bond acceptors (Lipinski definition) is 8.